The first kappa shape index (κ1) is 12.1. The summed E-state index contributed by atoms with van der Waals surface area (Å²) in [4.78, 5) is 9.01. The second kappa shape index (κ2) is 6.40. The van der Waals surface area contributed by atoms with E-state index in [1.165, 1.54) is 5.56 Å². The summed E-state index contributed by atoms with van der Waals surface area (Å²) in [5.41, 5.74) is 1.39. The third-order valence-electron chi connectivity index (χ3n) is 3.16. The first-order valence-corrected chi connectivity index (χ1v) is 6.39. The Balaban J connectivity index is 1.78. The molecule has 0 saturated heterocycles. The van der Waals surface area contributed by atoms with Gasteiger partial charge in [0.15, 0.2) is 0 Å². The molecule has 0 aromatic heterocycles. The zero-order chi connectivity index (χ0) is 11.9. The highest BCUT2D eigenvalue weighted by molar-refractivity contribution is 5.56. The van der Waals surface area contributed by atoms with Crippen LogP contribution >= 0.6 is 0 Å². The lowest BCUT2D eigenvalue weighted by Gasteiger charge is -2.23. The monoisotopic (exact) mass is 231 g/mol. The van der Waals surface area contributed by atoms with Gasteiger partial charge in [0, 0.05) is 26.2 Å². The topological polar surface area (TPSA) is 18.8 Å². The van der Waals surface area contributed by atoms with E-state index in [1.807, 2.05) is 6.34 Å². The maximum atomic E-state index is 4.23. The molecule has 1 aromatic carbocycles. The van der Waals surface area contributed by atoms with E-state index < -0.39 is 0 Å². The van der Waals surface area contributed by atoms with Gasteiger partial charge in [0.25, 0.3) is 0 Å². The zero-order valence-electron chi connectivity index (χ0n) is 10.5. The van der Waals surface area contributed by atoms with Crippen molar-refractivity contribution >= 4 is 6.34 Å². The fourth-order valence-electron chi connectivity index (χ4n) is 2.05. The van der Waals surface area contributed by atoms with Gasteiger partial charge in [0.2, 0.25) is 0 Å². The number of nitrogens with zero attached hydrogens (tertiary/aromatic N) is 3. The fourth-order valence-corrected chi connectivity index (χ4v) is 2.05. The second-order valence-electron chi connectivity index (χ2n) is 4.41. The van der Waals surface area contributed by atoms with Gasteiger partial charge in [-0.1, -0.05) is 37.3 Å². The van der Waals surface area contributed by atoms with E-state index >= 15 is 0 Å². The molecule has 0 fully saturated rings. The van der Waals surface area contributed by atoms with Crippen LogP contribution in [0.5, 0.6) is 0 Å². The summed E-state index contributed by atoms with van der Waals surface area (Å²) in [5, 5.41) is 0. The molecule has 3 nitrogen and oxygen atoms in total. The van der Waals surface area contributed by atoms with Crippen molar-refractivity contribution in [2.45, 2.75) is 13.5 Å². The Hall–Kier alpha value is -1.35. The van der Waals surface area contributed by atoms with E-state index in [0.717, 1.165) is 39.3 Å². The quantitative estimate of drug-likeness (QED) is 0.744. The summed E-state index contributed by atoms with van der Waals surface area (Å²) >= 11 is 0. The number of benzene rings is 1. The SMILES string of the molecule is CCN(CCN1C=NCC1)Cc1ccccc1. The van der Waals surface area contributed by atoms with Crippen molar-refractivity contribution in [3.63, 3.8) is 0 Å². The van der Waals surface area contributed by atoms with E-state index in [1.54, 1.807) is 0 Å². The smallest absolute Gasteiger partial charge is 0.0851 e. The number of aliphatic imine (C=N–C) groups is 1. The van der Waals surface area contributed by atoms with Crippen LogP contribution in [0.3, 0.4) is 0 Å². The molecular formula is C14H21N3. The summed E-state index contributed by atoms with van der Waals surface area (Å²) < 4.78 is 0. The van der Waals surface area contributed by atoms with E-state index in [0.29, 0.717) is 0 Å². The van der Waals surface area contributed by atoms with Crippen LogP contribution in [-0.4, -0.2) is 48.9 Å². The van der Waals surface area contributed by atoms with Gasteiger partial charge in [-0.3, -0.25) is 9.89 Å². The van der Waals surface area contributed by atoms with Crippen LogP contribution in [0.1, 0.15) is 12.5 Å². The first-order valence-electron chi connectivity index (χ1n) is 6.39. The van der Waals surface area contributed by atoms with Crippen LogP contribution in [-0.2, 0) is 6.54 Å². The van der Waals surface area contributed by atoms with Crippen molar-refractivity contribution in [3.8, 4) is 0 Å². The predicted octanol–water partition coefficient (Wildman–Crippen LogP) is 1.85. The number of likely N-dealkylation sites (N-methyl/N-ethyl adjacent to an activating group) is 1. The van der Waals surface area contributed by atoms with Gasteiger partial charge in [-0.25, -0.2) is 0 Å². The van der Waals surface area contributed by atoms with Gasteiger partial charge in [-0.05, 0) is 12.1 Å². The molecular weight excluding hydrogens is 210 g/mol. The summed E-state index contributed by atoms with van der Waals surface area (Å²) in [6.45, 7) is 8.61. The van der Waals surface area contributed by atoms with Crippen LogP contribution in [0.4, 0.5) is 0 Å². The molecule has 1 aliphatic heterocycles. The molecule has 0 amide bonds. The maximum absolute atomic E-state index is 4.23. The van der Waals surface area contributed by atoms with Crippen molar-refractivity contribution in [2.24, 2.45) is 4.99 Å². The van der Waals surface area contributed by atoms with Crippen LogP contribution in [0.2, 0.25) is 0 Å². The van der Waals surface area contributed by atoms with Crippen LogP contribution in [0.15, 0.2) is 35.3 Å². The lowest BCUT2D eigenvalue weighted by molar-refractivity contribution is 0.256. The van der Waals surface area contributed by atoms with E-state index in [2.05, 4.69) is 52.0 Å². The van der Waals surface area contributed by atoms with Gasteiger partial charge in [0.1, 0.15) is 0 Å². The van der Waals surface area contributed by atoms with Gasteiger partial charge < -0.3 is 4.90 Å². The van der Waals surface area contributed by atoms with Crippen molar-refractivity contribution in [2.75, 3.05) is 32.7 Å². The number of rotatable bonds is 6. The lowest BCUT2D eigenvalue weighted by atomic mass is 10.2. The number of hydrogen-bond donors (Lipinski definition) is 0. The van der Waals surface area contributed by atoms with E-state index in [9.17, 15) is 0 Å². The molecule has 0 bridgehead atoms. The maximum Gasteiger partial charge on any atom is 0.0851 e. The molecule has 17 heavy (non-hydrogen) atoms. The molecule has 1 aromatic rings. The van der Waals surface area contributed by atoms with E-state index in [4.69, 9.17) is 0 Å². The van der Waals surface area contributed by atoms with Crippen molar-refractivity contribution < 1.29 is 0 Å². The second-order valence-corrected chi connectivity index (χ2v) is 4.41. The lowest BCUT2D eigenvalue weighted by Crippen LogP contribution is -2.33. The van der Waals surface area contributed by atoms with Crippen LogP contribution in [0.25, 0.3) is 0 Å². The minimum atomic E-state index is 0.963. The van der Waals surface area contributed by atoms with Crippen molar-refractivity contribution in [1.82, 2.24) is 9.80 Å². The fraction of sp³-hybridized carbons (Fsp3) is 0.500. The van der Waals surface area contributed by atoms with Gasteiger partial charge in [0.05, 0.1) is 12.9 Å². The van der Waals surface area contributed by atoms with Crippen LogP contribution < -0.4 is 0 Å². The van der Waals surface area contributed by atoms with Gasteiger partial charge >= 0.3 is 0 Å². The highest BCUT2D eigenvalue weighted by atomic mass is 15.2. The average Bonchev–Trinajstić information content (AvgIpc) is 2.89. The summed E-state index contributed by atoms with van der Waals surface area (Å²) in [7, 11) is 0. The van der Waals surface area contributed by atoms with Gasteiger partial charge in [-0.2, -0.15) is 0 Å². The molecule has 0 atom stereocenters. The Bertz CT molecular complexity index is 348. The van der Waals surface area contributed by atoms with Gasteiger partial charge in [-0.15, -0.1) is 0 Å². The molecule has 2 rings (SSSR count). The molecule has 0 spiro atoms. The zero-order valence-corrected chi connectivity index (χ0v) is 10.5. The summed E-state index contributed by atoms with van der Waals surface area (Å²) in [5.74, 6) is 0. The third-order valence-corrected chi connectivity index (χ3v) is 3.16. The standard InChI is InChI=1S/C14H21N3/c1-2-16(10-11-17-9-8-15-13-17)12-14-6-4-3-5-7-14/h3-7,13H,2,8-12H2,1H3. The van der Waals surface area contributed by atoms with E-state index in [-0.39, 0.29) is 0 Å². The molecule has 3 heteroatoms. The van der Waals surface area contributed by atoms with Crippen LogP contribution in [0, 0.1) is 0 Å². The Morgan fingerprint density at radius 1 is 1.29 bits per heavy atom. The predicted molar refractivity (Wildman–Crippen MR) is 72.3 cm³/mol. The largest absolute Gasteiger partial charge is 0.360 e. The molecule has 0 saturated carbocycles. The summed E-state index contributed by atoms with van der Waals surface area (Å²) in [6, 6.07) is 10.7. The molecule has 0 unspecified atom stereocenters. The van der Waals surface area contributed by atoms with Crippen molar-refractivity contribution in [3.05, 3.63) is 35.9 Å². The van der Waals surface area contributed by atoms with Crippen molar-refractivity contribution in [1.29, 1.82) is 0 Å². The Labute approximate surface area is 104 Å². The minimum Gasteiger partial charge on any atom is -0.360 e. The highest BCUT2D eigenvalue weighted by Gasteiger charge is 2.08. The molecule has 1 aliphatic rings. The molecule has 0 radical (unpaired) electrons. The Morgan fingerprint density at radius 2 is 2.12 bits per heavy atom. The Morgan fingerprint density at radius 3 is 2.76 bits per heavy atom. The minimum absolute atomic E-state index is 0.963. The first-order chi connectivity index (χ1) is 8.38. The molecule has 0 N–H and O–H groups in total. The third kappa shape index (κ3) is 3.86. The average molecular weight is 231 g/mol. The molecule has 1 heterocycles. The number of hydrogen-bond acceptors (Lipinski definition) is 3. The summed E-state index contributed by atoms with van der Waals surface area (Å²) in [6.07, 6.45) is 1.98. The molecule has 0 aliphatic carbocycles. The normalized spacial score (nSPS) is 14.8. The molecule has 92 valence electrons. The highest BCUT2D eigenvalue weighted by Crippen LogP contribution is 2.04. The Kier molecular flexibility index (Phi) is 4.56.